The van der Waals surface area contributed by atoms with Gasteiger partial charge >= 0.3 is 0 Å². The van der Waals surface area contributed by atoms with E-state index >= 15 is 0 Å². The van der Waals surface area contributed by atoms with Crippen LogP contribution in [0.5, 0.6) is 0 Å². The molecular formula is C22H30N2O3S2. The number of nitrogens with zero attached hydrogens (tertiary/aromatic N) is 2. The Bertz CT molecular complexity index is 904. The number of thioether (sulfide) groups is 1. The van der Waals surface area contributed by atoms with Crippen LogP contribution in [0.15, 0.2) is 29.3 Å². The molecule has 0 unspecified atom stereocenters. The number of anilines is 1. The smallest absolute Gasteiger partial charge is 0.248 e. The van der Waals surface area contributed by atoms with E-state index in [2.05, 4.69) is 24.9 Å². The third-order valence-corrected chi connectivity index (χ3v) is 9.56. The molecule has 29 heavy (non-hydrogen) atoms. The minimum atomic E-state index is -3.06. The van der Waals surface area contributed by atoms with E-state index in [1.54, 1.807) is 0 Å². The number of amidine groups is 1. The number of fused-ring (bicyclic) bond motifs is 1. The number of amides is 1. The molecule has 1 saturated carbocycles. The molecule has 1 aromatic carbocycles. The lowest BCUT2D eigenvalue weighted by Gasteiger charge is -2.28. The first kappa shape index (κ1) is 20.9. The first-order chi connectivity index (χ1) is 13.8. The Labute approximate surface area is 178 Å². The summed E-state index contributed by atoms with van der Waals surface area (Å²) in [5, 5.41) is 0.626. The van der Waals surface area contributed by atoms with Crippen LogP contribution in [-0.4, -0.2) is 42.3 Å². The number of aliphatic imine (C=N–C) groups is 1. The fraction of sp³-hybridized carbons (Fsp3) is 0.636. The van der Waals surface area contributed by atoms with E-state index in [1.165, 1.54) is 37.4 Å². The maximum absolute atomic E-state index is 12.7. The number of rotatable bonds is 5. The van der Waals surface area contributed by atoms with Gasteiger partial charge in [0.25, 0.3) is 0 Å². The molecule has 3 fully saturated rings. The number of hydrogen-bond acceptors (Lipinski definition) is 4. The zero-order valence-corrected chi connectivity index (χ0v) is 18.8. The highest BCUT2D eigenvalue weighted by Gasteiger charge is 2.49. The van der Waals surface area contributed by atoms with Crippen LogP contribution < -0.4 is 4.90 Å². The van der Waals surface area contributed by atoms with Crippen LogP contribution in [0.4, 0.5) is 5.69 Å². The van der Waals surface area contributed by atoms with Gasteiger partial charge in [0.15, 0.2) is 15.0 Å². The second-order valence-corrected chi connectivity index (χ2v) is 12.2. The van der Waals surface area contributed by atoms with Gasteiger partial charge in [-0.3, -0.25) is 4.79 Å². The molecule has 0 spiro atoms. The molecule has 0 aromatic heterocycles. The van der Waals surface area contributed by atoms with Crippen molar-refractivity contribution < 1.29 is 13.2 Å². The molecule has 3 aliphatic rings. The van der Waals surface area contributed by atoms with Gasteiger partial charge in [-0.25, -0.2) is 8.42 Å². The van der Waals surface area contributed by atoms with Gasteiger partial charge in [-0.2, -0.15) is 4.99 Å². The standard InChI is InChI=1S/C22H30N2O3S2/c1-15(2)17-9-5-6-10-18(17)24-19-13-29(26,27)14-20(19)28-22(24)23-21(25)12-11-16-7-3-4-8-16/h5-6,9-10,15-16,19-20H,3-4,7-8,11-14H2,1-2H3/t19-,20-/m1/s1. The molecule has 1 aromatic rings. The summed E-state index contributed by atoms with van der Waals surface area (Å²) < 4.78 is 24.5. The second kappa shape index (κ2) is 8.42. The van der Waals surface area contributed by atoms with Gasteiger partial charge in [-0.05, 0) is 29.9 Å². The molecule has 2 saturated heterocycles. The zero-order chi connectivity index (χ0) is 20.6. The average molecular weight is 435 g/mol. The van der Waals surface area contributed by atoms with Crippen molar-refractivity contribution in [3.8, 4) is 0 Å². The van der Waals surface area contributed by atoms with E-state index in [9.17, 15) is 13.2 Å². The van der Waals surface area contributed by atoms with Gasteiger partial charge in [-0.1, -0.05) is 69.5 Å². The first-order valence-electron chi connectivity index (χ1n) is 10.7. The number of sulfone groups is 1. The summed E-state index contributed by atoms with van der Waals surface area (Å²) in [4.78, 5) is 19.2. The summed E-state index contributed by atoms with van der Waals surface area (Å²) in [7, 11) is -3.06. The van der Waals surface area contributed by atoms with Crippen LogP contribution in [-0.2, 0) is 14.6 Å². The van der Waals surface area contributed by atoms with Crippen LogP contribution in [0.1, 0.15) is 63.9 Å². The Morgan fingerprint density at radius 1 is 1.21 bits per heavy atom. The predicted octanol–water partition coefficient (Wildman–Crippen LogP) is 4.38. The van der Waals surface area contributed by atoms with E-state index in [1.807, 2.05) is 23.1 Å². The number of carbonyl (C=O) groups is 1. The van der Waals surface area contributed by atoms with Gasteiger partial charge in [0, 0.05) is 17.4 Å². The highest BCUT2D eigenvalue weighted by Crippen LogP contribution is 2.43. The van der Waals surface area contributed by atoms with Crippen molar-refractivity contribution in [2.45, 2.75) is 69.6 Å². The highest BCUT2D eigenvalue weighted by atomic mass is 32.2. The molecule has 4 rings (SSSR count). The summed E-state index contributed by atoms with van der Waals surface area (Å²) in [6.07, 6.45) is 6.43. The summed E-state index contributed by atoms with van der Waals surface area (Å²) in [6, 6.07) is 7.95. The minimum absolute atomic E-state index is 0.0541. The quantitative estimate of drug-likeness (QED) is 0.688. The van der Waals surface area contributed by atoms with E-state index in [-0.39, 0.29) is 28.7 Å². The largest absolute Gasteiger partial charge is 0.315 e. The Morgan fingerprint density at radius 3 is 2.66 bits per heavy atom. The topological polar surface area (TPSA) is 66.8 Å². The molecular weight excluding hydrogens is 404 g/mol. The van der Waals surface area contributed by atoms with E-state index in [0.717, 1.165) is 17.7 Å². The van der Waals surface area contributed by atoms with E-state index in [0.29, 0.717) is 23.4 Å². The summed E-state index contributed by atoms with van der Waals surface area (Å²) >= 11 is 1.47. The molecule has 2 aliphatic heterocycles. The number of carbonyl (C=O) groups excluding carboxylic acids is 1. The summed E-state index contributed by atoms with van der Waals surface area (Å²) in [5.74, 6) is 1.18. The Kier molecular flexibility index (Phi) is 6.07. The minimum Gasteiger partial charge on any atom is -0.315 e. The molecule has 2 atom stereocenters. The van der Waals surface area contributed by atoms with Gasteiger partial charge in [0.2, 0.25) is 5.91 Å². The monoisotopic (exact) mass is 434 g/mol. The van der Waals surface area contributed by atoms with Crippen molar-refractivity contribution in [2.24, 2.45) is 10.9 Å². The first-order valence-corrected chi connectivity index (χ1v) is 13.4. The Morgan fingerprint density at radius 2 is 1.93 bits per heavy atom. The average Bonchev–Trinajstić information content (AvgIpc) is 3.34. The lowest BCUT2D eigenvalue weighted by atomic mass is 9.99. The molecule has 5 nitrogen and oxygen atoms in total. The molecule has 0 bridgehead atoms. The molecule has 7 heteroatoms. The fourth-order valence-corrected chi connectivity index (χ4v) is 8.75. The lowest BCUT2D eigenvalue weighted by Crippen LogP contribution is -2.38. The SMILES string of the molecule is CC(C)c1ccccc1N1C(=NC(=O)CCC2CCCC2)S[C@@H]2CS(=O)(=O)C[C@H]21. The third kappa shape index (κ3) is 4.55. The normalized spacial score (nSPS) is 27.8. The van der Waals surface area contributed by atoms with Crippen molar-refractivity contribution >= 4 is 38.4 Å². The molecule has 1 aliphatic carbocycles. The maximum Gasteiger partial charge on any atom is 0.248 e. The molecule has 1 amide bonds. The zero-order valence-electron chi connectivity index (χ0n) is 17.2. The number of benzene rings is 1. The molecule has 158 valence electrons. The van der Waals surface area contributed by atoms with Crippen molar-refractivity contribution in [3.05, 3.63) is 29.8 Å². The number of para-hydroxylation sites is 1. The van der Waals surface area contributed by atoms with Gasteiger partial charge in [0.05, 0.1) is 17.5 Å². The Hall–Kier alpha value is -1.34. The predicted molar refractivity (Wildman–Crippen MR) is 120 cm³/mol. The van der Waals surface area contributed by atoms with E-state index in [4.69, 9.17) is 0 Å². The fourth-order valence-electron chi connectivity index (χ4n) is 4.83. The maximum atomic E-state index is 12.7. The molecule has 0 N–H and O–H groups in total. The van der Waals surface area contributed by atoms with Crippen LogP contribution in [0.2, 0.25) is 0 Å². The second-order valence-electron chi connectivity index (χ2n) is 8.86. The van der Waals surface area contributed by atoms with Crippen LogP contribution in [0, 0.1) is 5.92 Å². The highest BCUT2D eigenvalue weighted by molar-refractivity contribution is 8.16. The Balaban J connectivity index is 1.61. The molecule has 2 heterocycles. The van der Waals surface area contributed by atoms with Crippen molar-refractivity contribution in [3.63, 3.8) is 0 Å². The summed E-state index contributed by atoms with van der Waals surface area (Å²) in [6.45, 7) is 4.27. The third-order valence-electron chi connectivity index (χ3n) is 6.35. The van der Waals surface area contributed by atoms with Crippen LogP contribution in [0.25, 0.3) is 0 Å². The molecule has 0 radical (unpaired) electrons. The van der Waals surface area contributed by atoms with Gasteiger partial charge in [-0.15, -0.1) is 0 Å². The lowest BCUT2D eigenvalue weighted by molar-refractivity contribution is -0.118. The van der Waals surface area contributed by atoms with E-state index < -0.39 is 9.84 Å². The van der Waals surface area contributed by atoms with Gasteiger partial charge < -0.3 is 4.90 Å². The van der Waals surface area contributed by atoms with Crippen molar-refractivity contribution in [2.75, 3.05) is 16.4 Å². The van der Waals surface area contributed by atoms with Crippen molar-refractivity contribution in [1.82, 2.24) is 0 Å². The van der Waals surface area contributed by atoms with Crippen LogP contribution in [0.3, 0.4) is 0 Å². The number of hydrogen-bond donors (Lipinski definition) is 0. The van der Waals surface area contributed by atoms with Crippen molar-refractivity contribution in [1.29, 1.82) is 0 Å². The van der Waals surface area contributed by atoms with Gasteiger partial charge in [0.1, 0.15) is 0 Å². The van der Waals surface area contributed by atoms with Crippen LogP contribution >= 0.6 is 11.8 Å². The summed E-state index contributed by atoms with van der Waals surface area (Å²) in [5.41, 5.74) is 2.14.